The highest BCUT2D eigenvalue weighted by molar-refractivity contribution is 7.99. The molecule has 0 radical (unpaired) electrons. The van der Waals surface area contributed by atoms with E-state index in [-0.39, 0.29) is 23.5 Å². The molecule has 0 bridgehead atoms. The molecule has 0 spiro atoms. The summed E-state index contributed by atoms with van der Waals surface area (Å²) in [5, 5.41) is 10.3. The van der Waals surface area contributed by atoms with Crippen LogP contribution in [-0.2, 0) is 11.2 Å². The number of rotatable bonds is 5. The zero-order chi connectivity index (χ0) is 18.6. The first-order chi connectivity index (χ1) is 13.2. The number of H-pyrrole nitrogens is 1. The third-order valence-electron chi connectivity index (χ3n) is 4.63. The fourth-order valence-electron chi connectivity index (χ4n) is 3.35. The normalized spacial score (nSPS) is 16.0. The van der Waals surface area contributed by atoms with E-state index in [1.54, 1.807) is 18.2 Å². The Hall–Kier alpha value is -2.67. The van der Waals surface area contributed by atoms with Crippen molar-refractivity contribution < 1.29 is 9.18 Å². The van der Waals surface area contributed by atoms with Crippen LogP contribution in [-0.4, -0.2) is 26.8 Å². The average molecular weight is 382 g/mol. The molecule has 0 saturated carbocycles. The van der Waals surface area contributed by atoms with E-state index in [0.29, 0.717) is 16.5 Å². The number of fused-ring (bicyclic) bond motifs is 1. The van der Waals surface area contributed by atoms with E-state index >= 15 is 0 Å². The van der Waals surface area contributed by atoms with Gasteiger partial charge >= 0.3 is 0 Å². The number of aromatic nitrogens is 3. The van der Waals surface area contributed by atoms with Gasteiger partial charge in [0.2, 0.25) is 11.1 Å². The van der Waals surface area contributed by atoms with Gasteiger partial charge in [-0.05, 0) is 42.5 Å². The van der Waals surface area contributed by atoms with Crippen LogP contribution in [0.3, 0.4) is 0 Å². The monoisotopic (exact) mass is 382 g/mol. The number of nitrogens with zero attached hydrogens (tertiary/aromatic N) is 2. The Bertz CT molecular complexity index is 958. The Morgan fingerprint density at radius 1 is 1.22 bits per heavy atom. The summed E-state index contributed by atoms with van der Waals surface area (Å²) < 4.78 is 13.8. The molecule has 0 saturated heterocycles. The molecule has 27 heavy (non-hydrogen) atoms. The number of thioether (sulfide) groups is 1. The van der Waals surface area contributed by atoms with Crippen molar-refractivity contribution in [2.75, 3.05) is 5.75 Å². The number of benzene rings is 2. The summed E-state index contributed by atoms with van der Waals surface area (Å²) in [7, 11) is 0. The molecule has 2 N–H and O–H groups in total. The van der Waals surface area contributed by atoms with Crippen molar-refractivity contribution in [3.8, 4) is 11.4 Å². The zero-order valence-corrected chi connectivity index (χ0v) is 15.4. The number of nitrogens with one attached hydrogen (secondary N) is 2. The van der Waals surface area contributed by atoms with Gasteiger partial charge in [-0.15, -0.1) is 5.10 Å². The van der Waals surface area contributed by atoms with Gasteiger partial charge in [-0.1, -0.05) is 48.2 Å². The van der Waals surface area contributed by atoms with E-state index in [9.17, 15) is 9.18 Å². The molecule has 5 nitrogen and oxygen atoms in total. The lowest BCUT2D eigenvalue weighted by atomic mass is 9.88. The van der Waals surface area contributed by atoms with E-state index in [1.165, 1.54) is 29.0 Å². The first-order valence-electron chi connectivity index (χ1n) is 8.88. The molecular weight excluding hydrogens is 363 g/mol. The number of halogens is 1. The fourth-order valence-corrected chi connectivity index (χ4v) is 3.96. The summed E-state index contributed by atoms with van der Waals surface area (Å²) >= 11 is 1.23. The minimum absolute atomic E-state index is 0.0565. The van der Waals surface area contributed by atoms with Crippen LogP contribution in [0.15, 0.2) is 53.7 Å². The molecule has 138 valence electrons. The van der Waals surface area contributed by atoms with Gasteiger partial charge in [0.05, 0.1) is 17.4 Å². The minimum Gasteiger partial charge on any atom is -0.349 e. The summed E-state index contributed by atoms with van der Waals surface area (Å²) in [6.45, 7) is 0. The summed E-state index contributed by atoms with van der Waals surface area (Å²) in [5.41, 5.74) is 2.88. The first-order valence-corrected chi connectivity index (χ1v) is 9.86. The molecule has 1 aliphatic rings. The standard InChI is InChI=1S/C20H19FN4OS/c21-16-10-4-3-9-15(16)19-23-20(25-24-19)27-12-18(26)22-17-11-5-7-13-6-1-2-8-14(13)17/h1-4,6,8-10,17H,5,7,11-12H2,(H,22,26)(H,23,24,25)/t17-/m0/s1. The number of aryl methyl sites for hydroxylation is 1. The molecule has 3 aromatic rings. The van der Waals surface area contributed by atoms with Crippen LogP contribution in [0.5, 0.6) is 0 Å². The molecule has 0 fully saturated rings. The largest absolute Gasteiger partial charge is 0.349 e. The van der Waals surface area contributed by atoms with Crippen LogP contribution in [0, 0.1) is 5.82 Å². The Kier molecular flexibility index (Phi) is 5.20. The van der Waals surface area contributed by atoms with Gasteiger partial charge in [0.25, 0.3) is 0 Å². The molecule has 2 aromatic carbocycles. The second-order valence-corrected chi connectivity index (χ2v) is 7.39. The maximum Gasteiger partial charge on any atom is 0.230 e. The molecule has 0 aliphatic heterocycles. The molecule has 0 unspecified atom stereocenters. The van der Waals surface area contributed by atoms with Gasteiger partial charge in [-0.3, -0.25) is 9.89 Å². The molecule has 1 atom stereocenters. The second-order valence-electron chi connectivity index (χ2n) is 6.45. The number of carbonyl (C=O) groups excluding carboxylic acids is 1. The van der Waals surface area contributed by atoms with E-state index < -0.39 is 0 Å². The van der Waals surface area contributed by atoms with Crippen molar-refractivity contribution >= 4 is 17.7 Å². The smallest absolute Gasteiger partial charge is 0.230 e. The maximum atomic E-state index is 13.8. The molecule has 7 heteroatoms. The highest BCUT2D eigenvalue weighted by Gasteiger charge is 2.21. The second kappa shape index (κ2) is 7.92. The molecule has 1 amide bonds. The summed E-state index contributed by atoms with van der Waals surface area (Å²) in [4.78, 5) is 16.6. The van der Waals surface area contributed by atoms with Gasteiger partial charge < -0.3 is 5.32 Å². The van der Waals surface area contributed by atoms with Gasteiger partial charge in [0.15, 0.2) is 5.82 Å². The lowest BCUT2D eigenvalue weighted by Crippen LogP contribution is -2.32. The minimum atomic E-state index is -0.362. The van der Waals surface area contributed by atoms with Crippen molar-refractivity contribution in [2.24, 2.45) is 0 Å². The molecule has 1 heterocycles. The number of hydrogen-bond donors (Lipinski definition) is 2. The molecular formula is C20H19FN4OS. The van der Waals surface area contributed by atoms with Crippen LogP contribution in [0.4, 0.5) is 4.39 Å². The average Bonchev–Trinajstić information content (AvgIpc) is 3.16. The predicted molar refractivity (Wildman–Crippen MR) is 103 cm³/mol. The number of aromatic amines is 1. The Morgan fingerprint density at radius 3 is 2.93 bits per heavy atom. The summed E-state index contributed by atoms with van der Waals surface area (Å²) in [5.74, 6) is 0.155. The Morgan fingerprint density at radius 2 is 2.04 bits per heavy atom. The quantitative estimate of drug-likeness (QED) is 0.657. The Labute approximate surface area is 160 Å². The van der Waals surface area contributed by atoms with E-state index in [2.05, 4.69) is 32.6 Å². The third-order valence-corrected chi connectivity index (χ3v) is 5.48. The fraction of sp³-hybridized carbons (Fsp3) is 0.250. The van der Waals surface area contributed by atoms with Gasteiger partial charge in [0, 0.05) is 0 Å². The Balaban J connectivity index is 1.36. The number of amides is 1. The van der Waals surface area contributed by atoms with Gasteiger partial charge in [-0.2, -0.15) is 0 Å². The van der Waals surface area contributed by atoms with Crippen molar-refractivity contribution in [2.45, 2.75) is 30.5 Å². The zero-order valence-electron chi connectivity index (χ0n) is 14.6. The van der Waals surface area contributed by atoms with Gasteiger partial charge in [-0.25, -0.2) is 9.37 Å². The van der Waals surface area contributed by atoms with E-state index in [1.807, 2.05) is 12.1 Å². The number of carbonyl (C=O) groups is 1. The molecule has 1 aromatic heterocycles. The van der Waals surface area contributed by atoms with Crippen LogP contribution in [0.1, 0.15) is 30.0 Å². The third kappa shape index (κ3) is 4.03. The van der Waals surface area contributed by atoms with Crippen molar-refractivity contribution in [1.82, 2.24) is 20.5 Å². The van der Waals surface area contributed by atoms with Crippen molar-refractivity contribution in [3.63, 3.8) is 0 Å². The highest BCUT2D eigenvalue weighted by atomic mass is 32.2. The lowest BCUT2D eigenvalue weighted by Gasteiger charge is -2.26. The number of hydrogen-bond acceptors (Lipinski definition) is 4. The predicted octanol–water partition coefficient (Wildman–Crippen LogP) is 3.90. The van der Waals surface area contributed by atoms with E-state index in [4.69, 9.17) is 0 Å². The van der Waals surface area contributed by atoms with Crippen LogP contribution in [0.25, 0.3) is 11.4 Å². The lowest BCUT2D eigenvalue weighted by molar-refractivity contribution is -0.119. The van der Waals surface area contributed by atoms with Crippen molar-refractivity contribution in [3.05, 3.63) is 65.5 Å². The first kappa shape index (κ1) is 17.7. The van der Waals surface area contributed by atoms with Crippen LogP contribution < -0.4 is 5.32 Å². The summed E-state index contributed by atoms with van der Waals surface area (Å²) in [6, 6.07) is 14.7. The van der Waals surface area contributed by atoms with Gasteiger partial charge in [0.1, 0.15) is 5.82 Å². The van der Waals surface area contributed by atoms with Crippen molar-refractivity contribution in [1.29, 1.82) is 0 Å². The van der Waals surface area contributed by atoms with Crippen LogP contribution in [0.2, 0.25) is 0 Å². The topological polar surface area (TPSA) is 70.7 Å². The summed E-state index contributed by atoms with van der Waals surface area (Å²) in [6.07, 6.45) is 3.08. The van der Waals surface area contributed by atoms with E-state index in [0.717, 1.165) is 19.3 Å². The SMILES string of the molecule is O=C(CSc1n[nH]c(-c2ccccc2F)n1)N[C@H]1CCCc2ccccc21. The molecule has 4 rings (SSSR count). The van der Waals surface area contributed by atoms with Crippen LogP contribution >= 0.6 is 11.8 Å². The highest BCUT2D eigenvalue weighted by Crippen LogP contribution is 2.29. The molecule has 1 aliphatic carbocycles. The maximum absolute atomic E-state index is 13.8.